The second kappa shape index (κ2) is 6.56. The summed E-state index contributed by atoms with van der Waals surface area (Å²) >= 11 is 0. The number of aromatic hydroxyl groups is 1. The lowest BCUT2D eigenvalue weighted by Crippen LogP contribution is -2.32. The van der Waals surface area contributed by atoms with Gasteiger partial charge in [0.05, 0.1) is 4.90 Å². The van der Waals surface area contributed by atoms with Crippen LogP contribution in [0, 0.1) is 11.8 Å². The second-order valence-electron chi connectivity index (χ2n) is 5.47. The molecule has 20 heavy (non-hydrogen) atoms. The highest BCUT2D eigenvalue weighted by Gasteiger charge is 2.22. The number of phenols is 1. The predicted octanol–water partition coefficient (Wildman–Crippen LogP) is 1.44. The van der Waals surface area contributed by atoms with Gasteiger partial charge in [0.1, 0.15) is 5.75 Å². The standard InChI is InChI=1S/C14H22N2O3S/c15-9-11-1-3-12(4-2-11)10-16-20(18,19)14-7-5-13(17)6-8-14/h5-8,11-12,16-17H,1-4,9-10,15H2. The molecule has 0 aliphatic heterocycles. The molecule has 0 bridgehead atoms. The molecule has 112 valence electrons. The van der Waals surface area contributed by atoms with E-state index in [4.69, 9.17) is 5.73 Å². The van der Waals surface area contributed by atoms with E-state index in [2.05, 4.69) is 4.72 Å². The van der Waals surface area contributed by atoms with Crippen molar-refractivity contribution in [2.45, 2.75) is 30.6 Å². The lowest BCUT2D eigenvalue weighted by atomic mass is 9.82. The summed E-state index contributed by atoms with van der Waals surface area (Å²) in [5.74, 6) is 1.05. The molecule has 1 aliphatic carbocycles. The van der Waals surface area contributed by atoms with Gasteiger partial charge in [0.15, 0.2) is 0 Å². The number of hydrogen-bond donors (Lipinski definition) is 3. The molecular formula is C14H22N2O3S. The van der Waals surface area contributed by atoms with Crippen LogP contribution in [0.3, 0.4) is 0 Å². The van der Waals surface area contributed by atoms with Crippen LogP contribution >= 0.6 is 0 Å². The van der Waals surface area contributed by atoms with E-state index < -0.39 is 10.0 Å². The minimum atomic E-state index is -3.48. The monoisotopic (exact) mass is 298 g/mol. The Balaban J connectivity index is 1.88. The van der Waals surface area contributed by atoms with Crippen LogP contribution in [0.15, 0.2) is 29.2 Å². The van der Waals surface area contributed by atoms with E-state index in [1.165, 1.54) is 24.3 Å². The Kier molecular flexibility index (Phi) is 5.01. The highest BCUT2D eigenvalue weighted by atomic mass is 32.2. The van der Waals surface area contributed by atoms with Gasteiger partial charge in [-0.15, -0.1) is 0 Å². The number of nitrogens with two attached hydrogens (primary N) is 1. The van der Waals surface area contributed by atoms with Crippen LogP contribution in [-0.4, -0.2) is 26.6 Å². The van der Waals surface area contributed by atoms with Gasteiger partial charge in [-0.05, 0) is 68.3 Å². The van der Waals surface area contributed by atoms with Crippen LogP contribution in [-0.2, 0) is 10.0 Å². The molecule has 1 saturated carbocycles. The molecule has 1 aliphatic rings. The number of rotatable bonds is 5. The normalized spacial score (nSPS) is 23.6. The van der Waals surface area contributed by atoms with E-state index >= 15 is 0 Å². The van der Waals surface area contributed by atoms with Crippen molar-refractivity contribution in [3.63, 3.8) is 0 Å². The molecule has 0 aromatic heterocycles. The fraction of sp³-hybridized carbons (Fsp3) is 0.571. The van der Waals surface area contributed by atoms with Gasteiger partial charge in [0, 0.05) is 6.54 Å². The van der Waals surface area contributed by atoms with Gasteiger partial charge in [-0.25, -0.2) is 13.1 Å². The average Bonchev–Trinajstić information content (AvgIpc) is 2.46. The first-order chi connectivity index (χ1) is 9.51. The van der Waals surface area contributed by atoms with Crippen molar-refractivity contribution in [1.82, 2.24) is 4.72 Å². The molecule has 0 saturated heterocycles. The van der Waals surface area contributed by atoms with Crippen LogP contribution < -0.4 is 10.5 Å². The summed E-state index contributed by atoms with van der Waals surface area (Å²) in [7, 11) is -3.48. The van der Waals surface area contributed by atoms with E-state index in [1.54, 1.807) is 0 Å². The molecule has 0 heterocycles. The third-order valence-corrected chi connectivity index (χ3v) is 5.45. The first kappa shape index (κ1) is 15.3. The molecule has 2 rings (SSSR count). The zero-order valence-corrected chi connectivity index (χ0v) is 12.3. The molecule has 0 amide bonds. The van der Waals surface area contributed by atoms with Crippen LogP contribution in [0.5, 0.6) is 5.75 Å². The van der Waals surface area contributed by atoms with E-state index in [-0.39, 0.29) is 10.6 Å². The zero-order valence-electron chi connectivity index (χ0n) is 11.5. The molecular weight excluding hydrogens is 276 g/mol. The quantitative estimate of drug-likeness (QED) is 0.767. The van der Waals surface area contributed by atoms with Gasteiger partial charge < -0.3 is 10.8 Å². The van der Waals surface area contributed by atoms with Crippen molar-refractivity contribution in [3.8, 4) is 5.75 Å². The molecule has 0 atom stereocenters. The minimum absolute atomic E-state index is 0.0593. The number of phenolic OH excluding ortho intramolecular Hbond substituents is 1. The first-order valence-electron chi connectivity index (χ1n) is 7.00. The van der Waals surface area contributed by atoms with Crippen LogP contribution in [0.2, 0.25) is 0 Å². The molecule has 6 heteroatoms. The minimum Gasteiger partial charge on any atom is -0.508 e. The van der Waals surface area contributed by atoms with Crippen molar-refractivity contribution < 1.29 is 13.5 Å². The van der Waals surface area contributed by atoms with Gasteiger partial charge in [-0.3, -0.25) is 0 Å². The van der Waals surface area contributed by atoms with Gasteiger partial charge in [-0.1, -0.05) is 0 Å². The Morgan fingerprint density at radius 1 is 1.10 bits per heavy atom. The number of nitrogens with one attached hydrogen (secondary N) is 1. The third-order valence-electron chi connectivity index (χ3n) is 4.01. The lowest BCUT2D eigenvalue weighted by Gasteiger charge is -2.27. The molecule has 1 fully saturated rings. The molecule has 4 N–H and O–H groups in total. The summed E-state index contributed by atoms with van der Waals surface area (Å²) < 4.78 is 26.8. The maximum atomic E-state index is 12.1. The third kappa shape index (κ3) is 3.94. The first-order valence-corrected chi connectivity index (χ1v) is 8.48. The topological polar surface area (TPSA) is 92.4 Å². The largest absolute Gasteiger partial charge is 0.508 e. The molecule has 0 radical (unpaired) electrons. The Hall–Kier alpha value is -1.11. The van der Waals surface area contributed by atoms with Crippen molar-refractivity contribution in [1.29, 1.82) is 0 Å². The summed E-state index contributed by atoms with van der Waals surface area (Å²) in [6.07, 6.45) is 4.23. The Morgan fingerprint density at radius 2 is 1.65 bits per heavy atom. The molecule has 1 aromatic rings. The molecule has 0 unspecified atom stereocenters. The van der Waals surface area contributed by atoms with Gasteiger partial charge in [0.25, 0.3) is 0 Å². The molecule has 5 nitrogen and oxygen atoms in total. The van der Waals surface area contributed by atoms with E-state index in [0.717, 1.165) is 32.2 Å². The van der Waals surface area contributed by atoms with Crippen molar-refractivity contribution in [3.05, 3.63) is 24.3 Å². The lowest BCUT2D eigenvalue weighted by molar-refractivity contribution is 0.280. The maximum absolute atomic E-state index is 12.1. The Bertz CT molecular complexity index is 520. The summed E-state index contributed by atoms with van der Waals surface area (Å²) in [5.41, 5.74) is 5.65. The van der Waals surface area contributed by atoms with Gasteiger partial charge in [-0.2, -0.15) is 0 Å². The number of benzene rings is 1. The fourth-order valence-electron chi connectivity index (χ4n) is 2.61. The summed E-state index contributed by atoms with van der Waals surface area (Å²) in [4.78, 5) is 0.186. The smallest absolute Gasteiger partial charge is 0.240 e. The Labute approximate surface area is 120 Å². The van der Waals surface area contributed by atoms with Gasteiger partial charge in [0.2, 0.25) is 10.0 Å². The average molecular weight is 298 g/mol. The van der Waals surface area contributed by atoms with Crippen LogP contribution in [0.1, 0.15) is 25.7 Å². The SMILES string of the molecule is NCC1CCC(CNS(=O)(=O)c2ccc(O)cc2)CC1. The highest BCUT2D eigenvalue weighted by Crippen LogP contribution is 2.27. The zero-order chi connectivity index (χ0) is 14.6. The van der Waals surface area contributed by atoms with E-state index in [0.29, 0.717) is 18.4 Å². The number of sulfonamides is 1. The van der Waals surface area contributed by atoms with Crippen molar-refractivity contribution in [2.75, 3.05) is 13.1 Å². The fourth-order valence-corrected chi connectivity index (χ4v) is 3.72. The number of hydrogen-bond acceptors (Lipinski definition) is 4. The summed E-state index contributed by atoms with van der Waals surface area (Å²) in [6, 6.07) is 5.56. The van der Waals surface area contributed by atoms with Crippen LogP contribution in [0.25, 0.3) is 0 Å². The Morgan fingerprint density at radius 3 is 2.20 bits per heavy atom. The molecule has 1 aromatic carbocycles. The summed E-state index contributed by atoms with van der Waals surface area (Å²) in [5, 5.41) is 9.18. The second-order valence-corrected chi connectivity index (χ2v) is 7.24. The summed E-state index contributed by atoms with van der Waals surface area (Å²) in [6.45, 7) is 1.20. The predicted molar refractivity (Wildman–Crippen MR) is 77.8 cm³/mol. The van der Waals surface area contributed by atoms with Crippen LogP contribution in [0.4, 0.5) is 0 Å². The molecule has 0 spiro atoms. The van der Waals surface area contributed by atoms with E-state index in [1.807, 2.05) is 0 Å². The van der Waals surface area contributed by atoms with Gasteiger partial charge >= 0.3 is 0 Å². The van der Waals surface area contributed by atoms with Crippen molar-refractivity contribution >= 4 is 10.0 Å². The van der Waals surface area contributed by atoms with E-state index in [9.17, 15) is 13.5 Å². The van der Waals surface area contributed by atoms with Crippen molar-refractivity contribution in [2.24, 2.45) is 17.6 Å². The maximum Gasteiger partial charge on any atom is 0.240 e. The highest BCUT2D eigenvalue weighted by molar-refractivity contribution is 7.89.